The lowest BCUT2D eigenvalue weighted by Crippen LogP contribution is -1.97. The number of ether oxygens (including phenoxy) is 1. The molecule has 40 heavy (non-hydrogen) atoms. The van der Waals surface area contributed by atoms with Gasteiger partial charge in [0, 0.05) is 11.8 Å². The van der Waals surface area contributed by atoms with E-state index in [0.717, 1.165) is 29.3 Å². The molecule has 0 aliphatic heterocycles. The van der Waals surface area contributed by atoms with E-state index in [1.807, 2.05) is 6.20 Å². The molecule has 1 aromatic heterocycles. The van der Waals surface area contributed by atoms with Crippen LogP contribution < -0.4 is 4.74 Å². The highest BCUT2D eigenvalue weighted by atomic mass is 32.1. The van der Waals surface area contributed by atoms with E-state index in [0.29, 0.717) is 0 Å². The summed E-state index contributed by atoms with van der Waals surface area (Å²) < 4.78 is 5.98. The highest BCUT2D eigenvalue weighted by Crippen LogP contribution is 2.33. The molecule has 3 heteroatoms. The molecule has 0 bridgehead atoms. The normalized spacial score (nSPS) is 11.2. The van der Waals surface area contributed by atoms with Gasteiger partial charge in [-0.2, -0.15) is 0 Å². The number of thiazole rings is 1. The van der Waals surface area contributed by atoms with Crippen LogP contribution in [0.15, 0.2) is 54.7 Å². The monoisotopic (exact) mass is 561 g/mol. The van der Waals surface area contributed by atoms with Crippen molar-refractivity contribution >= 4 is 11.3 Å². The van der Waals surface area contributed by atoms with Crippen LogP contribution in [0.1, 0.15) is 135 Å². The maximum atomic E-state index is 5.98. The van der Waals surface area contributed by atoms with E-state index in [-0.39, 0.29) is 0 Å². The van der Waals surface area contributed by atoms with E-state index in [1.54, 1.807) is 11.3 Å². The zero-order valence-electron chi connectivity index (χ0n) is 25.6. The molecular formula is C37H55NOS. The van der Waals surface area contributed by atoms with Gasteiger partial charge in [0.15, 0.2) is 0 Å². The molecule has 1 heterocycles. The summed E-state index contributed by atoms with van der Waals surface area (Å²) in [6.45, 7) is 5.37. The van der Waals surface area contributed by atoms with Crippen LogP contribution in [-0.4, -0.2) is 11.6 Å². The first-order chi connectivity index (χ1) is 19.8. The van der Waals surface area contributed by atoms with Crippen LogP contribution in [0.25, 0.3) is 21.0 Å². The maximum Gasteiger partial charge on any atom is 0.123 e. The minimum absolute atomic E-state index is 0.810. The second-order valence-electron chi connectivity index (χ2n) is 11.5. The van der Waals surface area contributed by atoms with E-state index in [2.05, 4.69) is 62.4 Å². The molecule has 0 atom stereocenters. The molecule has 0 N–H and O–H groups in total. The van der Waals surface area contributed by atoms with Crippen molar-refractivity contribution in [3.05, 3.63) is 60.3 Å². The third-order valence-corrected chi connectivity index (χ3v) is 9.03. The minimum Gasteiger partial charge on any atom is -0.494 e. The smallest absolute Gasteiger partial charge is 0.123 e. The third kappa shape index (κ3) is 13.0. The summed E-state index contributed by atoms with van der Waals surface area (Å²) in [5, 5.41) is 1.07. The van der Waals surface area contributed by atoms with Gasteiger partial charge in [-0.05, 0) is 54.7 Å². The fourth-order valence-electron chi connectivity index (χ4n) is 5.31. The van der Waals surface area contributed by atoms with Gasteiger partial charge in [0.2, 0.25) is 0 Å². The Bertz CT molecular complexity index is 1010. The Morgan fingerprint density at radius 2 is 1.05 bits per heavy atom. The molecular weight excluding hydrogens is 506 g/mol. The van der Waals surface area contributed by atoms with Gasteiger partial charge in [-0.1, -0.05) is 141 Å². The van der Waals surface area contributed by atoms with Gasteiger partial charge in [0.05, 0.1) is 11.5 Å². The second kappa shape index (κ2) is 20.7. The summed E-state index contributed by atoms with van der Waals surface area (Å²) in [4.78, 5) is 5.95. The Labute approximate surface area is 250 Å². The first-order valence-electron chi connectivity index (χ1n) is 16.6. The van der Waals surface area contributed by atoms with Crippen molar-refractivity contribution in [2.75, 3.05) is 6.61 Å². The van der Waals surface area contributed by atoms with Crippen molar-refractivity contribution in [1.82, 2.24) is 4.98 Å². The molecule has 220 valence electrons. The van der Waals surface area contributed by atoms with Crippen LogP contribution in [-0.2, 0) is 6.42 Å². The van der Waals surface area contributed by atoms with Crippen molar-refractivity contribution in [1.29, 1.82) is 0 Å². The summed E-state index contributed by atoms with van der Waals surface area (Å²) >= 11 is 1.77. The third-order valence-electron chi connectivity index (χ3n) is 7.93. The number of hydrogen-bond acceptors (Lipinski definition) is 3. The highest BCUT2D eigenvalue weighted by Gasteiger charge is 2.08. The molecule has 3 aromatic rings. The van der Waals surface area contributed by atoms with Crippen molar-refractivity contribution < 1.29 is 4.74 Å². The molecule has 0 aliphatic carbocycles. The summed E-state index contributed by atoms with van der Waals surface area (Å²) in [6, 6.07) is 17.6. The lowest BCUT2D eigenvalue weighted by molar-refractivity contribution is 0.304. The van der Waals surface area contributed by atoms with Gasteiger partial charge in [-0.3, -0.25) is 0 Å². The van der Waals surface area contributed by atoms with Crippen LogP contribution in [0.2, 0.25) is 0 Å². The lowest BCUT2D eigenvalue weighted by Gasteiger charge is -2.07. The topological polar surface area (TPSA) is 22.1 Å². The maximum absolute atomic E-state index is 5.98. The summed E-state index contributed by atoms with van der Waals surface area (Å²) in [5.41, 5.74) is 3.88. The van der Waals surface area contributed by atoms with E-state index in [9.17, 15) is 0 Å². The van der Waals surface area contributed by atoms with Crippen LogP contribution in [0.4, 0.5) is 0 Å². The Kier molecular flexibility index (Phi) is 16.8. The van der Waals surface area contributed by atoms with Crippen molar-refractivity contribution in [3.63, 3.8) is 0 Å². The fraction of sp³-hybridized carbons (Fsp3) is 0.595. The number of hydrogen-bond donors (Lipinski definition) is 0. The van der Waals surface area contributed by atoms with Crippen LogP contribution in [0.3, 0.4) is 0 Å². The molecule has 0 aliphatic rings. The Morgan fingerprint density at radius 3 is 1.62 bits per heavy atom. The fourth-order valence-corrected chi connectivity index (χ4v) is 6.24. The first kappa shape index (κ1) is 32.4. The van der Waals surface area contributed by atoms with Crippen LogP contribution in [0, 0.1) is 0 Å². The van der Waals surface area contributed by atoms with Gasteiger partial charge in [-0.15, -0.1) is 11.3 Å². The quantitative estimate of drug-likeness (QED) is 0.107. The van der Waals surface area contributed by atoms with Crippen LogP contribution >= 0.6 is 11.3 Å². The number of benzene rings is 2. The molecule has 3 rings (SSSR count). The predicted molar refractivity (Wildman–Crippen MR) is 177 cm³/mol. The molecule has 0 unspecified atom stereocenters. The van der Waals surface area contributed by atoms with E-state index in [4.69, 9.17) is 9.72 Å². The van der Waals surface area contributed by atoms with Crippen molar-refractivity contribution in [2.24, 2.45) is 0 Å². The van der Waals surface area contributed by atoms with Gasteiger partial charge >= 0.3 is 0 Å². The molecule has 0 saturated heterocycles. The Hall–Kier alpha value is -2.13. The van der Waals surface area contributed by atoms with Gasteiger partial charge < -0.3 is 4.74 Å². The van der Waals surface area contributed by atoms with Crippen molar-refractivity contribution in [2.45, 2.75) is 136 Å². The first-order valence-corrected chi connectivity index (χ1v) is 17.4. The molecule has 0 spiro atoms. The summed E-state index contributed by atoms with van der Waals surface area (Å²) in [5.74, 6) is 0.960. The zero-order valence-corrected chi connectivity index (χ0v) is 26.4. The molecule has 0 radical (unpaired) electrons. The molecule has 0 fully saturated rings. The standard InChI is InChI=1S/C37H55NOS/c1-3-5-7-9-11-13-14-15-17-19-21-32-22-24-33(25-23-32)36-31-38-37(40-36)34-26-28-35(29-27-34)39-30-20-18-16-12-10-8-6-4-2/h22-29,31H,3-21,30H2,1-2H3. The zero-order chi connectivity index (χ0) is 28.1. The SMILES string of the molecule is CCCCCCCCCCCCc1ccc(-c2cnc(-c3ccc(OCCCCCCCCCC)cc3)s2)cc1. The number of aromatic nitrogens is 1. The number of unbranched alkanes of at least 4 members (excludes halogenated alkanes) is 16. The van der Waals surface area contributed by atoms with Gasteiger partial charge in [-0.25, -0.2) is 4.98 Å². The number of rotatable bonds is 23. The summed E-state index contributed by atoms with van der Waals surface area (Å²) in [7, 11) is 0. The average Bonchev–Trinajstić information content (AvgIpc) is 3.48. The van der Waals surface area contributed by atoms with E-state index in [1.165, 1.54) is 132 Å². The molecule has 2 nitrogen and oxygen atoms in total. The molecule has 2 aromatic carbocycles. The predicted octanol–water partition coefficient (Wildman–Crippen LogP) is 12.5. The average molecular weight is 562 g/mol. The van der Waals surface area contributed by atoms with Gasteiger partial charge in [0.25, 0.3) is 0 Å². The molecule has 0 amide bonds. The van der Waals surface area contributed by atoms with Gasteiger partial charge in [0.1, 0.15) is 10.8 Å². The Morgan fingerprint density at radius 1 is 0.550 bits per heavy atom. The van der Waals surface area contributed by atoms with Crippen molar-refractivity contribution in [3.8, 4) is 26.8 Å². The second-order valence-corrected chi connectivity index (χ2v) is 12.5. The number of aryl methyl sites for hydroxylation is 1. The lowest BCUT2D eigenvalue weighted by atomic mass is 10.0. The summed E-state index contributed by atoms with van der Waals surface area (Å²) in [6.07, 6.45) is 27.7. The minimum atomic E-state index is 0.810. The Balaban J connectivity index is 1.32. The van der Waals surface area contributed by atoms with E-state index >= 15 is 0 Å². The number of nitrogens with zero attached hydrogens (tertiary/aromatic N) is 1. The largest absolute Gasteiger partial charge is 0.494 e. The van der Waals surface area contributed by atoms with E-state index < -0.39 is 0 Å². The van der Waals surface area contributed by atoms with Crippen LogP contribution in [0.5, 0.6) is 5.75 Å². The highest BCUT2D eigenvalue weighted by molar-refractivity contribution is 7.18. The molecule has 0 saturated carbocycles.